The first-order valence-corrected chi connectivity index (χ1v) is 8.13. The summed E-state index contributed by atoms with van der Waals surface area (Å²) in [6.07, 6.45) is 2.87. The zero-order valence-corrected chi connectivity index (χ0v) is 14.6. The largest absolute Gasteiger partial charge is 0.339 e. The summed E-state index contributed by atoms with van der Waals surface area (Å²) in [6.45, 7) is 6.46. The van der Waals surface area contributed by atoms with Crippen molar-refractivity contribution >= 4 is 23.3 Å². The van der Waals surface area contributed by atoms with Crippen molar-refractivity contribution in [1.82, 2.24) is 9.88 Å². The van der Waals surface area contributed by atoms with Crippen molar-refractivity contribution in [2.75, 3.05) is 18.4 Å². The summed E-state index contributed by atoms with van der Waals surface area (Å²) in [4.78, 5) is 41.7. The van der Waals surface area contributed by atoms with Crippen LogP contribution in [-0.2, 0) is 0 Å². The Hall–Kier alpha value is -3.02. The second-order valence-corrected chi connectivity index (χ2v) is 5.53. The van der Waals surface area contributed by atoms with E-state index in [2.05, 4.69) is 10.3 Å². The average molecular weight is 339 g/mol. The molecule has 2 aromatic rings. The molecule has 130 valence electrons. The molecule has 0 aliphatic rings. The van der Waals surface area contributed by atoms with E-state index in [9.17, 15) is 14.4 Å². The molecule has 0 saturated heterocycles. The topological polar surface area (TPSA) is 79.4 Å². The van der Waals surface area contributed by atoms with E-state index in [0.717, 1.165) is 0 Å². The van der Waals surface area contributed by atoms with Gasteiger partial charge in [0.15, 0.2) is 5.78 Å². The van der Waals surface area contributed by atoms with Crippen LogP contribution in [0.25, 0.3) is 0 Å². The number of aromatic nitrogens is 1. The number of hydrogen-bond donors (Lipinski definition) is 1. The number of carbonyl (C=O) groups excluding carboxylic acids is 3. The highest BCUT2D eigenvalue weighted by Crippen LogP contribution is 2.13. The van der Waals surface area contributed by atoms with E-state index in [0.29, 0.717) is 35.5 Å². The Morgan fingerprint density at radius 3 is 2.12 bits per heavy atom. The summed E-state index contributed by atoms with van der Waals surface area (Å²) >= 11 is 0. The van der Waals surface area contributed by atoms with E-state index in [1.807, 2.05) is 13.8 Å². The van der Waals surface area contributed by atoms with Gasteiger partial charge in [-0.25, -0.2) is 0 Å². The molecule has 0 atom stereocenters. The monoisotopic (exact) mass is 339 g/mol. The van der Waals surface area contributed by atoms with Crippen molar-refractivity contribution in [1.29, 1.82) is 0 Å². The van der Waals surface area contributed by atoms with Gasteiger partial charge < -0.3 is 10.2 Å². The van der Waals surface area contributed by atoms with Gasteiger partial charge in [0.1, 0.15) is 0 Å². The highest BCUT2D eigenvalue weighted by molar-refractivity contribution is 6.06. The van der Waals surface area contributed by atoms with Crippen molar-refractivity contribution in [2.45, 2.75) is 20.8 Å². The highest BCUT2D eigenvalue weighted by Gasteiger charge is 2.15. The first-order chi connectivity index (χ1) is 12.0. The van der Waals surface area contributed by atoms with E-state index in [4.69, 9.17) is 0 Å². The molecule has 0 spiro atoms. The molecule has 0 saturated carbocycles. The van der Waals surface area contributed by atoms with Gasteiger partial charge in [-0.3, -0.25) is 19.4 Å². The summed E-state index contributed by atoms with van der Waals surface area (Å²) in [5, 5.41) is 2.73. The van der Waals surface area contributed by atoms with E-state index in [1.54, 1.807) is 29.2 Å². The van der Waals surface area contributed by atoms with Crippen molar-refractivity contribution in [3.05, 3.63) is 59.4 Å². The number of nitrogens with one attached hydrogen (secondary N) is 1. The molecule has 1 aromatic carbocycles. The Morgan fingerprint density at radius 1 is 0.960 bits per heavy atom. The van der Waals surface area contributed by atoms with Crippen LogP contribution in [0.3, 0.4) is 0 Å². The Bertz CT molecular complexity index is 781. The molecule has 0 bridgehead atoms. The molecule has 2 rings (SSSR count). The summed E-state index contributed by atoms with van der Waals surface area (Å²) in [6, 6.07) is 8.15. The number of amides is 2. The Kier molecular flexibility index (Phi) is 6.00. The van der Waals surface area contributed by atoms with Crippen LogP contribution < -0.4 is 5.32 Å². The Labute approximate surface area is 146 Å². The molecule has 0 aliphatic carbocycles. The minimum absolute atomic E-state index is 0.0373. The number of anilines is 1. The number of benzene rings is 1. The van der Waals surface area contributed by atoms with Gasteiger partial charge >= 0.3 is 0 Å². The van der Waals surface area contributed by atoms with Crippen molar-refractivity contribution in [3.8, 4) is 0 Å². The SMILES string of the molecule is CCN(CC)C(=O)c1cncc(C(=O)Nc2ccc(C(C)=O)cc2)c1. The van der Waals surface area contributed by atoms with Gasteiger partial charge in [0.25, 0.3) is 11.8 Å². The molecule has 0 radical (unpaired) electrons. The molecule has 6 nitrogen and oxygen atoms in total. The van der Waals surface area contributed by atoms with Gasteiger partial charge in [-0.1, -0.05) is 0 Å². The number of rotatable bonds is 6. The van der Waals surface area contributed by atoms with E-state index in [-0.39, 0.29) is 17.6 Å². The third-order valence-electron chi connectivity index (χ3n) is 3.85. The smallest absolute Gasteiger partial charge is 0.257 e. The zero-order valence-electron chi connectivity index (χ0n) is 14.6. The fourth-order valence-corrected chi connectivity index (χ4v) is 2.37. The van der Waals surface area contributed by atoms with Gasteiger partial charge in [-0.15, -0.1) is 0 Å². The fourth-order valence-electron chi connectivity index (χ4n) is 2.37. The van der Waals surface area contributed by atoms with Crippen molar-refractivity contribution < 1.29 is 14.4 Å². The maximum Gasteiger partial charge on any atom is 0.257 e. The standard InChI is InChI=1S/C19H21N3O3/c1-4-22(5-2)19(25)16-10-15(11-20-12-16)18(24)21-17-8-6-14(7-9-17)13(3)23/h6-12H,4-5H2,1-3H3,(H,21,24). The molecule has 25 heavy (non-hydrogen) atoms. The summed E-state index contributed by atoms with van der Waals surface area (Å²) in [5.41, 5.74) is 1.82. The van der Waals surface area contributed by atoms with E-state index >= 15 is 0 Å². The minimum Gasteiger partial charge on any atom is -0.339 e. The van der Waals surface area contributed by atoms with E-state index in [1.165, 1.54) is 25.4 Å². The molecule has 1 aromatic heterocycles. The lowest BCUT2D eigenvalue weighted by Crippen LogP contribution is -2.30. The van der Waals surface area contributed by atoms with Crippen LogP contribution >= 0.6 is 0 Å². The second kappa shape index (κ2) is 8.19. The van der Waals surface area contributed by atoms with Gasteiger partial charge in [0.05, 0.1) is 11.1 Å². The van der Waals surface area contributed by atoms with Gasteiger partial charge in [0, 0.05) is 36.7 Å². The lowest BCUT2D eigenvalue weighted by Gasteiger charge is -2.18. The van der Waals surface area contributed by atoms with Crippen LogP contribution in [0, 0.1) is 0 Å². The third kappa shape index (κ3) is 4.50. The summed E-state index contributed by atoms with van der Waals surface area (Å²) in [5.74, 6) is -0.556. The van der Waals surface area contributed by atoms with Crippen molar-refractivity contribution in [3.63, 3.8) is 0 Å². The Morgan fingerprint density at radius 2 is 1.56 bits per heavy atom. The molecule has 2 amide bonds. The number of nitrogens with zero attached hydrogens (tertiary/aromatic N) is 2. The maximum absolute atomic E-state index is 12.4. The summed E-state index contributed by atoms with van der Waals surface area (Å²) in [7, 11) is 0. The molecular weight excluding hydrogens is 318 g/mol. The predicted molar refractivity (Wildman–Crippen MR) is 95.9 cm³/mol. The molecule has 1 N–H and O–H groups in total. The third-order valence-corrected chi connectivity index (χ3v) is 3.85. The van der Waals surface area contributed by atoms with E-state index < -0.39 is 0 Å². The van der Waals surface area contributed by atoms with Gasteiger partial charge in [0.2, 0.25) is 0 Å². The number of pyridine rings is 1. The number of ketones is 1. The molecule has 0 fully saturated rings. The normalized spacial score (nSPS) is 10.2. The van der Waals surface area contributed by atoms with Gasteiger partial charge in [-0.05, 0) is 51.1 Å². The minimum atomic E-state index is -0.364. The van der Waals surface area contributed by atoms with Crippen LogP contribution in [0.5, 0.6) is 0 Å². The molecule has 6 heteroatoms. The average Bonchev–Trinajstić information content (AvgIpc) is 2.63. The van der Waals surface area contributed by atoms with Gasteiger partial charge in [-0.2, -0.15) is 0 Å². The molecule has 1 heterocycles. The lowest BCUT2D eigenvalue weighted by molar-refractivity contribution is 0.0772. The van der Waals surface area contributed by atoms with Crippen LogP contribution in [0.2, 0.25) is 0 Å². The van der Waals surface area contributed by atoms with Crippen LogP contribution in [-0.4, -0.2) is 40.6 Å². The molecular formula is C19H21N3O3. The highest BCUT2D eigenvalue weighted by atomic mass is 16.2. The Balaban J connectivity index is 2.15. The summed E-state index contributed by atoms with van der Waals surface area (Å²) < 4.78 is 0. The fraction of sp³-hybridized carbons (Fsp3) is 0.263. The quantitative estimate of drug-likeness (QED) is 0.821. The maximum atomic E-state index is 12.4. The number of carbonyl (C=O) groups is 3. The zero-order chi connectivity index (χ0) is 18.4. The van der Waals surface area contributed by atoms with Crippen LogP contribution in [0.15, 0.2) is 42.7 Å². The van der Waals surface area contributed by atoms with Crippen molar-refractivity contribution in [2.24, 2.45) is 0 Å². The first-order valence-electron chi connectivity index (χ1n) is 8.13. The first kappa shape index (κ1) is 18.3. The molecule has 0 unspecified atom stereocenters. The predicted octanol–water partition coefficient (Wildman–Crippen LogP) is 3.02. The number of hydrogen-bond acceptors (Lipinski definition) is 4. The molecule has 0 aliphatic heterocycles. The van der Waals surface area contributed by atoms with Crippen LogP contribution in [0.4, 0.5) is 5.69 Å². The number of Topliss-reactive ketones (excluding diaryl/α,β-unsaturated/α-hetero) is 1. The van der Waals surface area contributed by atoms with Crippen LogP contribution in [0.1, 0.15) is 51.8 Å². The second-order valence-electron chi connectivity index (χ2n) is 5.53. The lowest BCUT2D eigenvalue weighted by atomic mass is 10.1.